The molecular weight excluding hydrogens is 239 g/mol. The van der Waals surface area contributed by atoms with Crippen molar-refractivity contribution in [2.45, 2.75) is 18.6 Å². The number of alkyl halides is 3. The topological polar surface area (TPSA) is 83.6 Å². The summed E-state index contributed by atoms with van der Waals surface area (Å²) in [6, 6.07) is 1.13. The van der Waals surface area contributed by atoms with Gasteiger partial charge in [-0.2, -0.15) is 13.2 Å². The van der Waals surface area contributed by atoms with Crippen molar-refractivity contribution in [3.8, 4) is 5.75 Å². The molecule has 1 aromatic rings. The molecule has 4 N–H and O–H groups in total. The van der Waals surface area contributed by atoms with Crippen LogP contribution in [-0.2, 0) is 11.2 Å². The number of carboxylic acid groups (broad SMARTS) is 1. The number of nitrogens with two attached hydrogens (primary N) is 1. The third-order valence-corrected chi connectivity index (χ3v) is 2.18. The first-order valence-electron chi connectivity index (χ1n) is 4.58. The fourth-order valence-corrected chi connectivity index (χ4v) is 1.34. The number of hydrogen-bond acceptors (Lipinski definition) is 3. The van der Waals surface area contributed by atoms with Gasteiger partial charge in [0.1, 0.15) is 11.8 Å². The summed E-state index contributed by atoms with van der Waals surface area (Å²) in [5.74, 6) is -1.97. The highest BCUT2D eigenvalue weighted by atomic mass is 19.4. The molecule has 0 saturated heterocycles. The van der Waals surface area contributed by atoms with Crippen LogP contribution >= 0.6 is 0 Å². The molecule has 0 aliphatic carbocycles. The molecule has 0 heterocycles. The Hall–Kier alpha value is -1.76. The number of phenolic OH excluding ortho intramolecular Hbond substituents is 1. The Balaban J connectivity index is 3.14. The summed E-state index contributed by atoms with van der Waals surface area (Å²) in [6.07, 6.45) is -5.26. The van der Waals surface area contributed by atoms with Gasteiger partial charge in [0.15, 0.2) is 0 Å². The number of phenols is 1. The summed E-state index contributed by atoms with van der Waals surface area (Å²) in [7, 11) is 0. The van der Waals surface area contributed by atoms with Crippen LogP contribution in [0.2, 0.25) is 0 Å². The Kier molecular flexibility index (Phi) is 3.62. The van der Waals surface area contributed by atoms with Gasteiger partial charge in [0, 0.05) is 11.1 Å². The zero-order chi connectivity index (χ0) is 13.2. The van der Waals surface area contributed by atoms with Crippen LogP contribution in [-0.4, -0.2) is 22.4 Å². The van der Waals surface area contributed by atoms with Crippen molar-refractivity contribution in [1.82, 2.24) is 0 Å². The second-order valence-corrected chi connectivity index (χ2v) is 3.44. The molecule has 0 aliphatic rings. The van der Waals surface area contributed by atoms with Gasteiger partial charge in [0.25, 0.3) is 0 Å². The molecule has 0 saturated carbocycles. The number of hydrogen-bond donors (Lipinski definition) is 3. The van der Waals surface area contributed by atoms with Crippen molar-refractivity contribution in [3.05, 3.63) is 29.3 Å². The molecule has 0 spiro atoms. The Bertz CT molecular complexity index is 431. The summed E-state index contributed by atoms with van der Waals surface area (Å²) >= 11 is 0. The first kappa shape index (κ1) is 13.3. The molecule has 1 atom stereocenters. The summed E-state index contributed by atoms with van der Waals surface area (Å²) in [5.41, 5.74) is 4.31. The van der Waals surface area contributed by atoms with E-state index in [-0.39, 0.29) is 5.56 Å². The molecule has 0 bridgehead atoms. The van der Waals surface area contributed by atoms with Gasteiger partial charge in [0.05, 0.1) is 6.42 Å². The summed E-state index contributed by atoms with van der Waals surface area (Å²) < 4.78 is 37.1. The number of aromatic hydroxyl groups is 1. The summed E-state index contributed by atoms with van der Waals surface area (Å²) in [6.45, 7) is 0. The molecule has 0 amide bonds. The highest BCUT2D eigenvalue weighted by molar-refractivity contribution is 5.71. The number of benzene rings is 1. The van der Waals surface area contributed by atoms with Crippen molar-refractivity contribution < 1.29 is 28.2 Å². The van der Waals surface area contributed by atoms with Crippen LogP contribution in [0.4, 0.5) is 13.2 Å². The number of halogens is 3. The number of aliphatic carboxylic acids is 1. The third-order valence-electron chi connectivity index (χ3n) is 2.18. The maximum atomic E-state index is 12.4. The molecule has 0 aromatic heterocycles. The normalized spacial score (nSPS) is 13.4. The standard InChI is InChI=1S/C10H10F3NO3/c11-10(12,13)9(14)6-3-1-2-5(8(6)17)4-7(15)16/h1-3,9,17H,4,14H2,(H,15,16)/t9-/m0/s1. The van der Waals surface area contributed by atoms with Crippen LogP contribution in [0.15, 0.2) is 18.2 Å². The Morgan fingerprint density at radius 1 is 1.41 bits per heavy atom. The largest absolute Gasteiger partial charge is 0.507 e. The van der Waals surface area contributed by atoms with Gasteiger partial charge in [-0.25, -0.2) is 0 Å². The monoisotopic (exact) mass is 249 g/mol. The van der Waals surface area contributed by atoms with E-state index in [2.05, 4.69) is 0 Å². The Morgan fingerprint density at radius 3 is 2.47 bits per heavy atom. The van der Waals surface area contributed by atoms with Gasteiger partial charge in [-0.1, -0.05) is 18.2 Å². The fourth-order valence-electron chi connectivity index (χ4n) is 1.34. The Labute approximate surface area is 94.5 Å². The second kappa shape index (κ2) is 4.62. The van der Waals surface area contributed by atoms with E-state index in [1.807, 2.05) is 0 Å². The fraction of sp³-hybridized carbons (Fsp3) is 0.300. The van der Waals surface area contributed by atoms with Gasteiger partial charge in [-0.15, -0.1) is 0 Å². The third kappa shape index (κ3) is 3.10. The zero-order valence-corrected chi connectivity index (χ0v) is 8.53. The predicted molar refractivity (Wildman–Crippen MR) is 52.4 cm³/mol. The average Bonchev–Trinajstić information content (AvgIpc) is 2.18. The summed E-state index contributed by atoms with van der Waals surface area (Å²) in [5, 5.41) is 18.0. The quantitative estimate of drug-likeness (QED) is 0.759. The van der Waals surface area contributed by atoms with Crippen LogP contribution in [0.5, 0.6) is 5.75 Å². The van der Waals surface area contributed by atoms with Crippen LogP contribution < -0.4 is 5.73 Å². The van der Waals surface area contributed by atoms with Gasteiger partial charge in [-0.3, -0.25) is 4.79 Å². The van der Waals surface area contributed by atoms with Crippen LogP contribution in [0.25, 0.3) is 0 Å². The minimum atomic E-state index is -4.70. The maximum Gasteiger partial charge on any atom is 0.407 e. The number of carbonyl (C=O) groups is 1. The molecule has 0 fully saturated rings. The van der Waals surface area contributed by atoms with Gasteiger partial charge >= 0.3 is 12.1 Å². The minimum Gasteiger partial charge on any atom is -0.507 e. The molecule has 4 nitrogen and oxygen atoms in total. The highest BCUT2D eigenvalue weighted by Gasteiger charge is 2.39. The van der Waals surface area contributed by atoms with Gasteiger partial charge in [-0.05, 0) is 0 Å². The number of rotatable bonds is 3. The SMILES string of the molecule is N[C@@H](c1cccc(CC(=O)O)c1O)C(F)(F)F. The molecule has 1 rings (SSSR count). The first-order chi connectivity index (χ1) is 7.73. The molecule has 94 valence electrons. The van der Waals surface area contributed by atoms with Crippen molar-refractivity contribution in [2.75, 3.05) is 0 Å². The lowest BCUT2D eigenvalue weighted by Crippen LogP contribution is -2.28. The van der Waals surface area contributed by atoms with E-state index in [0.29, 0.717) is 0 Å². The zero-order valence-electron chi connectivity index (χ0n) is 8.53. The smallest absolute Gasteiger partial charge is 0.407 e. The van der Waals surface area contributed by atoms with Crippen molar-refractivity contribution in [1.29, 1.82) is 0 Å². The number of para-hydroxylation sites is 1. The molecular formula is C10H10F3NO3. The average molecular weight is 249 g/mol. The van der Waals surface area contributed by atoms with E-state index in [1.165, 1.54) is 12.1 Å². The van der Waals surface area contributed by atoms with Gasteiger partial charge in [0.2, 0.25) is 0 Å². The summed E-state index contributed by atoms with van der Waals surface area (Å²) in [4.78, 5) is 10.4. The lowest BCUT2D eigenvalue weighted by molar-refractivity contribution is -0.149. The second-order valence-electron chi connectivity index (χ2n) is 3.44. The maximum absolute atomic E-state index is 12.4. The van der Waals surface area contributed by atoms with E-state index in [9.17, 15) is 23.1 Å². The van der Waals surface area contributed by atoms with Crippen LogP contribution in [0.1, 0.15) is 17.2 Å². The minimum absolute atomic E-state index is 0.102. The van der Waals surface area contributed by atoms with E-state index in [1.54, 1.807) is 0 Å². The predicted octanol–water partition coefficient (Wildman–Crippen LogP) is 1.58. The number of carboxylic acids is 1. The lowest BCUT2D eigenvalue weighted by atomic mass is 10.0. The van der Waals surface area contributed by atoms with Gasteiger partial charge < -0.3 is 15.9 Å². The highest BCUT2D eigenvalue weighted by Crippen LogP contribution is 2.36. The van der Waals surface area contributed by atoms with E-state index in [4.69, 9.17) is 10.8 Å². The van der Waals surface area contributed by atoms with E-state index < -0.39 is 35.9 Å². The Morgan fingerprint density at radius 2 is 2.00 bits per heavy atom. The van der Waals surface area contributed by atoms with Crippen LogP contribution in [0.3, 0.4) is 0 Å². The van der Waals surface area contributed by atoms with Crippen molar-refractivity contribution >= 4 is 5.97 Å². The van der Waals surface area contributed by atoms with Crippen molar-refractivity contribution in [3.63, 3.8) is 0 Å². The van der Waals surface area contributed by atoms with E-state index >= 15 is 0 Å². The molecule has 0 unspecified atom stereocenters. The molecule has 0 aliphatic heterocycles. The van der Waals surface area contributed by atoms with Crippen LogP contribution in [0, 0.1) is 0 Å². The van der Waals surface area contributed by atoms with Crippen molar-refractivity contribution in [2.24, 2.45) is 5.73 Å². The molecule has 0 radical (unpaired) electrons. The van der Waals surface area contributed by atoms with E-state index in [0.717, 1.165) is 6.07 Å². The lowest BCUT2D eigenvalue weighted by Gasteiger charge is -2.18. The molecule has 17 heavy (non-hydrogen) atoms. The molecule has 1 aromatic carbocycles. The first-order valence-corrected chi connectivity index (χ1v) is 4.58. The molecule has 7 heteroatoms.